The van der Waals surface area contributed by atoms with Gasteiger partial charge >= 0.3 is 0 Å². The molecule has 2 amide bonds. The zero-order chi connectivity index (χ0) is 39.7. The summed E-state index contributed by atoms with van der Waals surface area (Å²) in [6.07, 6.45) is 4.09. The molecule has 1 unspecified atom stereocenters. The number of nitrogens with zero attached hydrogens (tertiary/aromatic N) is 1. The number of fused-ring (bicyclic) bond motifs is 2. The second-order valence-corrected chi connectivity index (χ2v) is 20.6. The lowest BCUT2D eigenvalue weighted by molar-refractivity contribution is 0.0579. The molecule has 8 rings (SSSR count). The van der Waals surface area contributed by atoms with Crippen molar-refractivity contribution in [2.45, 2.75) is 111 Å². The molecule has 3 nitrogen and oxygen atoms in total. The molecule has 0 spiro atoms. The van der Waals surface area contributed by atoms with Crippen molar-refractivity contribution in [2.75, 3.05) is 6.54 Å². The third kappa shape index (κ3) is 6.84. The lowest BCUT2D eigenvalue weighted by atomic mass is 9.84. The van der Waals surface area contributed by atoms with Crippen molar-refractivity contribution in [2.24, 2.45) is 5.92 Å². The minimum atomic E-state index is -0.183. The number of rotatable bonds is 10. The van der Waals surface area contributed by atoms with Crippen LogP contribution in [0.4, 0.5) is 0 Å². The minimum Gasteiger partial charge on any atom is -0.274 e. The Balaban J connectivity index is 1.45. The van der Waals surface area contributed by atoms with E-state index in [0.717, 1.165) is 87.4 Å². The van der Waals surface area contributed by atoms with Gasteiger partial charge in [0.05, 0.1) is 0 Å². The molecule has 0 saturated heterocycles. The van der Waals surface area contributed by atoms with Crippen molar-refractivity contribution < 1.29 is 9.59 Å². The highest BCUT2D eigenvalue weighted by molar-refractivity contribution is 9.10. The van der Waals surface area contributed by atoms with Crippen molar-refractivity contribution >= 4 is 94.4 Å². The Morgan fingerprint density at radius 3 is 1.59 bits per heavy atom. The van der Waals surface area contributed by atoms with Gasteiger partial charge in [-0.2, -0.15) is 0 Å². The maximum Gasteiger partial charge on any atom is 0.261 e. The molecule has 0 fully saturated rings. The number of hydrogen-bond donors (Lipinski definition) is 0. The maximum atomic E-state index is 14.9. The maximum absolute atomic E-state index is 14.9. The van der Waals surface area contributed by atoms with Crippen LogP contribution < -0.4 is 0 Å². The van der Waals surface area contributed by atoms with Crippen molar-refractivity contribution in [1.82, 2.24) is 4.90 Å². The summed E-state index contributed by atoms with van der Waals surface area (Å²) in [6.45, 7) is 18.2. The number of imide groups is 1. The van der Waals surface area contributed by atoms with Gasteiger partial charge in [0.2, 0.25) is 0 Å². The molecule has 0 radical (unpaired) electrons. The first-order valence-corrected chi connectivity index (χ1v) is 22.4. The fourth-order valence-corrected chi connectivity index (χ4v) is 10.9. The van der Waals surface area contributed by atoms with Crippen molar-refractivity contribution in [3.8, 4) is 0 Å². The summed E-state index contributed by atoms with van der Waals surface area (Å²) < 4.78 is 1.04. The first-order valence-electron chi connectivity index (χ1n) is 20.0. The van der Waals surface area contributed by atoms with Gasteiger partial charge < -0.3 is 0 Å². The molecule has 0 N–H and O–H groups in total. The molecule has 1 heterocycles. The molecule has 0 saturated carbocycles. The number of halogens is 1. The summed E-state index contributed by atoms with van der Waals surface area (Å²) in [6, 6.07) is 32.8. The number of unbranched alkanes of at least 4 members (excludes halogenated alkanes) is 1. The number of benzene rings is 7. The van der Waals surface area contributed by atoms with E-state index < -0.39 is 0 Å². The molecule has 286 valence electrons. The third-order valence-electron chi connectivity index (χ3n) is 11.7. The molecule has 1 aliphatic heterocycles. The van der Waals surface area contributed by atoms with Crippen LogP contribution in [-0.2, 0) is 10.8 Å². The van der Waals surface area contributed by atoms with Gasteiger partial charge in [-0.25, -0.2) is 0 Å². The summed E-state index contributed by atoms with van der Waals surface area (Å²) in [7, 11) is 0. The van der Waals surface area contributed by atoms with Crippen LogP contribution in [0.3, 0.4) is 0 Å². The first kappa shape index (κ1) is 39.0. The molecule has 0 aliphatic carbocycles. The molecule has 1 atom stereocenters. The van der Waals surface area contributed by atoms with E-state index in [-0.39, 0.29) is 28.6 Å². The van der Waals surface area contributed by atoms with Gasteiger partial charge in [-0.1, -0.05) is 163 Å². The van der Waals surface area contributed by atoms with Crippen LogP contribution in [0.25, 0.3) is 43.1 Å². The van der Waals surface area contributed by atoms with Crippen molar-refractivity contribution in [3.63, 3.8) is 0 Å². The van der Waals surface area contributed by atoms with E-state index in [0.29, 0.717) is 17.7 Å². The van der Waals surface area contributed by atoms with E-state index in [1.807, 2.05) is 0 Å². The van der Waals surface area contributed by atoms with Crippen LogP contribution in [0.5, 0.6) is 0 Å². The van der Waals surface area contributed by atoms with E-state index in [4.69, 9.17) is 0 Å². The van der Waals surface area contributed by atoms with Gasteiger partial charge in [0.1, 0.15) is 0 Å². The minimum absolute atomic E-state index is 0.0391. The number of carbonyl (C=O) groups is 2. The summed E-state index contributed by atoms with van der Waals surface area (Å²) >= 11 is 7.31. The highest BCUT2D eigenvalue weighted by Crippen LogP contribution is 2.52. The monoisotopic (exact) mass is 839 g/mol. The van der Waals surface area contributed by atoms with E-state index in [2.05, 4.69) is 162 Å². The van der Waals surface area contributed by atoms with Crippen LogP contribution in [0.2, 0.25) is 0 Å². The molecule has 1 aliphatic rings. The van der Waals surface area contributed by atoms with Gasteiger partial charge in [0, 0.05) is 63.3 Å². The van der Waals surface area contributed by atoms with Gasteiger partial charge in [0.15, 0.2) is 0 Å². The molecule has 56 heavy (non-hydrogen) atoms. The fraction of sp³-hybridized carbons (Fsp3) is 0.320. The predicted molar refractivity (Wildman–Crippen MR) is 243 cm³/mol. The van der Waals surface area contributed by atoms with E-state index in [9.17, 15) is 9.59 Å². The van der Waals surface area contributed by atoms with E-state index in [1.165, 1.54) is 16.5 Å². The summed E-state index contributed by atoms with van der Waals surface area (Å²) in [5.41, 5.74) is 3.88. The fourth-order valence-electron chi connectivity index (χ4n) is 8.43. The van der Waals surface area contributed by atoms with E-state index >= 15 is 0 Å². The normalized spacial score (nSPS) is 14.3. The van der Waals surface area contributed by atoms with Gasteiger partial charge in [-0.15, -0.1) is 0 Å². The zero-order valence-electron chi connectivity index (χ0n) is 33.7. The van der Waals surface area contributed by atoms with Crippen molar-refractivity contribution in [1.29, 1.82) is 0 Å². The Kier molecular flexibility index (Phi) is 10.3. The Labute approximate surface area is 348 Å². The Morgan fingerprint density at radius 2 is 1.11 bits per heavy atom. The van der Waals surface area contributed by atoms with Gasteiger partial charge in [-0.05, 0) is 98.3 Å². The van der Waals surface area contributed by atoms with Crippen molar-refractivity contribution in [3.05, 3.63) is 118 Å². The van der Waals surface area contributed by atoms with Crippen LogP contribution in [0.15, 0.2) is 115 Å². The Bertz CT molecular complexity index is 2520. The molecular formula is C50H50BrNO2S2. The van der Waals surface area contributed by atoms with Crippen LogP contribution in [0, 0.1) is 5.92 Å². The molecule has 0 aromatic heterocycles. The second kappa shape index (κ2) is 14.8. The second-order valence-electron chi connectivity index (χ2n) is 17.6. The lowest BCUT2D eigenvalue weighted by Gasteiger charge is -2.32. The number of hydrogen-bond acceptors (Lipinski definition) is 4. The highest BCUT2D eigenvalue weighted by atomic mass is 79.9. The summed E-state index contributed by atoms with van der Waals surface area (Å²) in [5, 5.41) is 8.56. The number of carbonyl (C=O) groups excluding carboxylic acids is 2. The van der Waals surface area contributed by atoms with Crippen LogP contribution in [-0.4, -0.2) is 23.3 Å². The topological polar surface area (TPSA) is 37.4 Å². The molecule has 0 bridgehead atoms. The lowest BCUT2D eigenvalue weighted by Crippen LogP contribution is -2.43. The summed E-state index contributed by atoms with van der Waals surface area (Å²) in [4.78, 5) is 35.6. The van der Waals surface area contributed by atoms with Crippen LogP contribution >= 0.6 is 39.5 Å². The van der Waals surface area contributed by atoms with Gasteiger partial charge in [0.25, 0.3) is 11.8 Å². The van der Waals surface area contributed by atoms with Gasteiger partial charge in [-0.3, -0.25) is 14.5 Å². The first-order chi connectivity index (χ1) is 26.7. The largest absolute Gasteiger partial charge is 0.274 e. The predicted octanol–water partition coefficient (Wildman–Crippen LogP) is 15.2. The van der Waals surface area contributed by atoms with E-state index in [1.54, 1.807) is 28.4 Å². The Morgan fingerprint density at radius 1 is 0.607 bits per heavy atom. The Hall–Kier alpha value is -3.84. The molecular weight excluding hydrogens is 791 g/mol. The number of amides is 2. The standard InChI is InChI=1S/C50H50BrNO2S2/c1-9-11-13-29(10-2)28-52-47(53)37-26-40(55-32-20-16-30(17-21-32)49(3,4)5)44-35-15-12-14-34-39(51)25-24-36(42(34)35)45-41(27-38(48(52)54)43(37)46(44)45)56-33-22-18-31(19-23-33)50(6,7)8/h12,14-27,29H,9-11,13,28H2,1-8H3. The molecule has 6 heteroatoms. The third-order valence-corrected chi connectivity index (χ3v) is 14.5. The zero-order valence-corrected chi connectivity index (χ0v) is 37.0. The smallest absolute Gasteiger partial charge is 0.261 e. The summed E-state index contributed by atoms with van der Waals surface area (Å²) in [5.74, 6) is -0.110. The quantitative estimate of drug-likeness (QED) is 0.0781. The average molecular weight is 841 g/mol. The average Bonchev–Trinajstić information content (AvgIpc) is 3.17. The molecule has 7 aromatic rings. The molecule has 7 aromatic carbocycles. The highest BCUT2D eigenvalue weighted by Gasteiger charge is 2.37. The van der Waals surface area contributed by atoms with Crippen LogP contribution in [0.1, 0.15) is 113 Å². The SMILES string of the molecule is CCCCC(CC)CN1C(=O)c2cc(Sc3ccc(C(C)(C)C)cc3)c3c4cccc5c(Br)ccc(c6c(Sc7ccc(C(C)(C)C)cc7)cc(c2c36)C1=O)c54.